The number of rotatable bonds is 4. The molecule has 26 heavy (non-hydrogen) atoms. The fourth-order valence-electron chi connectivity index (χ4n) is 3.01. The molecular formula is C19H17N3O3S. The highest BCUT2D eigenvalue weighted by molar-refractivity contribution is 8.04. The fourth-order valence-corrected chi connectivity index (χ4v) is 4.07. The summed E-state index contributed by atoms with van der Waals surface area (Å²) in [6.45, 7) is 1.86. The van der Waals surface area contributed by atoms with Crippen LogP contribution >= 0.6 is 11.8 Å². The first-order chi connectivity index (χ1) is 12.6. The summed E-state index contributed by atoms with van der Waals surface area (Å²) in [5.41, 5.74) is 4.23. The van der Waals surface area contributed by atoms with E-state index in [0.29, 0.717) is 23.3 Å². The number of Topliss-reactive ketones (excluding diaryl/α,β-unsaturated/α-hetero) is 1. The van der Waals surface area contributed by atoms with Gasteiger partial charge in [0.1, 0.15) is 5.69 Å². The Morgan fingerprint density at radius 2 is 2.15 bits per heavy atom. The number of thioether (sulfide) groups is 1. The molecule has 1 aromatic carbocycles. The van der Waals surface area contributed by atoms with E-state index in [0.717, 1.165) is 32.9 Å². The van der Waals surface area contributed by atoms with Crippen molar-refractivity contribution in [3.63, 3.8) is 0 Å². The molecule has 1 aliphatic heterocycles. The van der Waals surface area contributed by atoms with Crippen LogP contribution in [-0.2, 0) is 16.0 Å². The lowest BCUT2D eigenvalue weighted by Gasteiger charge is -2.11. The van der Waals surface area contributed by atoms with Crippen molar-refractivity contribution < 1.29 is 14.3 Å². The van der Waals surface area contributed by atoms with E-state index >= 15 is 0 Å². The quantitative estimate of drug-likeness (QED) is 0.540. The first-order valence-corrected chi connectivity index (χ1v) is 9.12. The van der Waals surface area contributed by atoms with Crippen LogP contribution in [0.2, 0.25) is 0 Å². The molecule has 0 amide bonds. The molecule has 0 radical (unpaired) electrons. The van der Waals surface area contributed by atoms with Crippen molar-refractivity contribution >= 4 is 34.4 Å². The zero-order valence-electron chi connectivity index (χ0n) is 14.4. The fraction of sp³-hybridized carbons (Fsp3) is 0.211. The molecule has 1 aliphatic rings. The molecule has 0 atom stereocenters. The van der Waals surface area contributed by atoms with E-state index in [2.05, 4.69) is 15.2 Å². The predicted molar refractivity (Wildman–Crippen MR) is 100 cm³/mol. The molecule has 3 heterocycles. The molecule has 3 aromatic rings. The van der Waals surface area contributed by atoms with Gasteiger partial charge in [-0.05, 0) is 24.3 Å². The number of carbonyl (C=O) groups is 2. The van der Waals surface area contributed by atoms with E-state index in [1.54, 1.807) is 0 Å². The summed E-state index contributed by atoms with van der Waals surface area (Å²) < 4.78 is 4.82. The van der Waals surface area contributed by atoms with Crippen molar-refractivity contribution in [2.24, 2.45) is 0 Å². The van der Waals surface area contributed by atoms with Gasteiger partial charge in [0.2, 0.25) is 0 Å². The third-order valence-corrected chi connectivity index (χ3v) is 5.60. The molecule has 0 aliphatic carbocycles. The number of H-pyrrole nitrogens is 2. The van der Waals surface area contributed by atoms with Crippen LogP contribution in [0, 0.1) is 0 Å². The maximum absolute atomic E-state index is 11.9. The van der Waals surface area contributed by atoms with Crippen LogP contribution in [0.1, 0.15) is 29.4 Å². The Morgan fingerprint density at radius 1 is 1.31 bits per heavy atom. The van der Waals surface area contributed by atoms with Gasteiger partial charge in [-0.15, -0.1) is 0 Å². The Morgan fingerprint density at radius 3 is 2.92 bits per heavy atom. The summed E-state index contributed by atoms with van der Waals surface area (Å²) in [4.78, 5) is 28.6. The Hall–Kier alpha value is -2.80. The molecule has 132 valence electrons. The van der Waals surface area contributed by atoms with Crippen molar-refractivity contribution in [2.45, 2.75) is 24.7 Å². The summed E-state index contributed by atoms with van der Waals surface area (Å²) in [6.07, 6.45) is 2.93. The molecular weight excluding hydrogens is 350 g/mol. The molecule has 2 N–H and O–H groups in total. The molecule has 4 rings (SSSR count). The van der Waals surface area contributed by atoms with E-state index in [-0.39, 0.29) is 11.8 Å². The number of nitrogens with zero attached hydrogens (tertiary/aromatic N) is 1. The normalized spacial score (nSPS) is 13.4. The van der Waals surface area contributed by atoms with E-state index in [9.17, 15) is 9.59 Å². The number of hydrogen-bond acceptors (Lipinski definition) is 5. The average molecular weight is 367 g/mol. The van der Waals surface area contributed by atoms with Crippen molar-refractivity contribution in [1.29, 1.82) is 0 Å². The summed E-state index contributed by atoms with van der Waals surface area (Å²) in [5.74, 6) is -0.220. The van der Waals surface area contributed by atoms with Crippen molar-refractivity contribution in [3.05, 3.63) is 46.5 Å². The summed E-state index contributed by atoms with van der Waals surface area (Å²) >= 11 is 1.36. The summed E-state index contributed by atoms with van der Waals surface area (Å²) in [6, 6.07) is 7.62. The number of ketones is 1. The number of methoxy groups -OCH3 is 1. The Kier molecular flexibility index (Phi) is 4.16. The third-order valence-electron chi connectivity index (χ3n) is 4.40. The molecule has 0 spiro atoms. The molecule has 7 heteroatoms. The molecule has 0 bridgehead atoms. The van der Waals surface area contributed by atoms with E-state index in [1.807, 2.05) is 37.3 Å². The lowest BCUT2D eigenvalue weighted by atomic mass is 10.1. The number of hydrogen-bond donors (Lipinski definition) is 2. The highest BCUT2D eigenvalue weighted by Crippen LogP contribution is 2.41. The van der Waals surface area contributed by atoms with Gasteiger partial charge in [-0.25, -0.2) is 4.79 Å². The van der Waals surface area contributed by atoms with E-state index in [1.165, 1.54) is 18.9 Å². The van der Waals surface area contributed by atoms with Crippen LogP contribution in [0.15, 0.2) is 40.1 Å². The standard InChI is InChI=1S/C19H17N3O3S/c1-3-15(23)10-4-5-12-11(8-10)9-14(20-12)17-18-13(21-22-17)6-7-16(26-18)19(24)25-2/h4-5,7-9,20H,3,6H2,1-2H3,(H,21,22). The second kappa shape index (κ2) is 6.49. The van der Waals surface area contributed by atoms with Gasteiger partial charge < -0.3 is 9.72 Å². The molecule has 0 fully saturated rings. The van der Waals surface area contributed by atoms with Crippen molar-refractivity contribution in [2.75, 3.05) is 7.11 Å². The third kappa shape index (κ3) is 2.74. The number of nitrogens with one attached hydrogen (secondary N) is 2. The van der Waals surface area contributed by atoms with Crippen molar-refractivity contribution in [1.82, 2.24) is 15.2 Å². The number of ether oxygens (including phenoxy) is 1. The summed E-state index contributed by atoms with van der Waals surface area (Å²) in [5, 5.41) is 8.43. The van der Waals surface area contributed by atoms with Crippen LogP contribution < -0.4 is 0 Å². The van der Waals surface area contributed by atoms with E-state index < -0.39 is 0 Å². The smallest absolute Gasteiger partial charge is 0.344 e. The minimum atomic E-state index is -0.341. The lowest BCUT2D eigenvalue weighted by Crippen LogP contribution is -2.05. The Balaban J connectivity index is 1.73. The monoisotopic (exact) mass is 367 g/mol. The first kappa shape index (κ1) is 16.7. The molecule has 0 unspecified atom stereocenters. The highest BCUT2D eigenvalue weighted by atomic mass is 32.2. The molecule has 2 aromatic heterocycles. The molecule has 6 nitrogen and oxygen atoms in total. The number of carbonyl (C=O) groups excluding carboxylic acids is 2. The average Bonchev–Trinajstić information content (AvgIpc) is 3.28. The van der Waals surface area contributed by atoms with Gasteiger partial charge in [0.05, 0.1) is 28.3 Å². The van der Waals surface area contributed by atoms with Gasteiger partial charge >= 0.3 is 5.97 Å². The van der Waals surface area contributed by atoms with Crippen LogP contribution in [0.3, 0.4) is 0 Å². The minimum Gasteiger partial charge on any atom is -0.465 e. The van der Waals surface area contributed by atoms with Crippen LogP contribution in [0.25, 0.3) is 22.3 Å². The largest absolute Gasteiger partial charge is 0.465 e. The zero-order chi connectivity index (χ0) is 18.3. The van der Waals surface area contributed by atoms with Gasteiger partial charge in [0.15, 0.2) is 5.78 Å². The SMILES string of the molecule is CCC(=O)c1ccc2[nH]c(-c3n[nH]c4c3SC(C(=O)OC)=CC4)cc2c1. The van der Waals surface area contributed by atoms with Crippen LogP contribution in [0.4, 0.5) is 0 Å². The van der Waals surface area contributed by atoms with Crippen LogP contribution in [0.5, 0.6) is 0 Å². The summed E-state index contributed by atoms with van der Waals surface area (Å²) in [7, 11) is 1.38. The highest BCUT2D eigenvalue weighted by Gasteiger charge is 2.24. The lowest BCUT2D eigenvalue weighted by molar-refractivity contribution is -0.135. The number of aromatic nitrogens is 3. The maximum atomic E-state index is 11.9. The van der Waals surface area contributed by atoms with Crippen molar-refractivity contribution in [3.8, 4) is 11.4 Å². The number of esters is 1. The number of benzene rings is 1. The van der Waals surface area contributed by atoms with Gasteiger partial charge in [-0.1, -0.05) is 24.8 Å². The van der Waals surface area contributed by atoms with Gasteiger partial charge in [-0.3, -0.25) is 9.89 Å². The zero-order valence-corrected chi connectivity index (χ0v) is 15.2. The topological polar surface area (TPSA) is 87.8 Å². The number of fused-ring (bicyclic) bond motifs is 2. The van der Waals surface area contributed by atoms with Crippen LogP contribution in [-0.4, -0.2) is 34.0 Å². The molecule has 0 saturated heterocycles. The second-order valence-corrected chi connectivity index (χ2v) is 7.06. The second-order valence-electron chi connectivity index (χ2n) is 6.01. The minimum absolute atomic E-state index is 0.121. The molecule has 0 saturated carbocycles. The van der Waals surface area contributed by atoms with E-state index in [4.69, 9.17) is 4.74 Å². The maximum Gasteiger partial charge on any atom is 0.344 e. The van der Waals surface area contributed by atoms with Gasteiger partial charge in [0, 0.05) is 29.3 Å². The van der Waals surface area contributed by atoms with Gasteiger partial charge in [-0.2, -0.15) is 5.10 Å². The van der Waals surface area contributed by atoms with Gasteiger partial charge in [0.25, 0.3) is 0 Å². The first-order valence-electron chi connectivity index (χ1n) is 8.30. The Bertz CT molecular complexity index is 1060. The predicted octanol–water partition coefficient (Wildman–Crippen LogP) is 3.86. The Labute approximate surface area is 154 Å². The number of allylic oxidation sites excluding steroid dienone is 1. The number of aromatic amines is 2.